The number of carbonyl (C=O) groups excluding carboxylic acids is 2. The lowest BCUT2D eigenvalue weighted by Gasteiger charge is -2.52. The molecule has 0 aromatic heterocycles. The molecule has 2 fully saturated rings. The van der Waals surface area contributed by atoms with Crippen LogP contribution in [0.3, 0.4) is 0 Å². The first-order chi connectivity index (χ1) is 12.4. The summed E-state index contributed by atoms with van der Waals surface area (Å²) >= 11 is 8.82. The number of β-lactam (4-membered cyclic amide) rings is 1. The molecule has 0 radical (unpaired) electrons. The molecule has 3 heterocycles. The van der Waals surface area contributed by atoms with Crippen molar-refractivity contribution >= 4 is 52.9 Å². The highest BCUT2D eigenvalue weighted by molar-refractivity contribution is 8.02. The molecule has 0 bridgehead atoms. The van der Waals surface area contributed by atoms with E-state index in [9.17, 15) is 19.5 Å². The van der Waals surface area contributed by atoms with E-state index in [0.717, 1.165) is 5.75 Å². The molecule has 0 saturated carbocycles. The lowest BCUT2D eigenvalue weighted by Crippen LogP contribution is -2.75. The van der Waals surface area contributed by atoms with Crippen LogP contribution in [0.5, 0.6) is 0 Å². The number of alkyl halides is 1. The number of rotatable bonds is 6. The summed E-state index contributed by atoms with van der Waals surface area (Å²) in [5, 5.41) is 13.3. The van der Waals surface area contributed by atoms with Crippen LogP contribution in [-0.4, -0.2) is 81.9 Å². The minimum absolute atomic E-state index is 0.0859. The maximum atomic E-state index is 12.6. The van der Waals surface area contributed by atoms with E-state index in [2.05, 4.69) is 10.8 Å². The van der Waals surface area contributed by atoms with Crippen LogP contribution in [0.4, 0.5) is 0 Å². The van der Waals surface area contributed by atoms with E-state index >= 15 is 0 Å². The van der Waals surface area contributed by atoms with E-state index in [1.165, 1.54) is 35.5 Å². The number of hydroxylamine groups is 1. The van der Waals surface area contributed by atoms with E-state index in [4.69, 9.17) is 21.2 Å². The van der Waals surface area contributed by atoms with Crippen molar-refractivity contribution in [1.29, 1.82) is 0 Å². The van der Waals surface area contributed by atoms with E-state index in [0.29, 0.717) is 12.4 Å². The molecule has 3 aliphatic rings. The fourth-order valence-corrected chi connectivity index (χ4v) is 5.17. The molecule has 0 aliphatic carbocycles. The number of nitrogens with zero attached hydrogens (tertiary/aromatic N) is 1. The standard InChI is InChI=1S/C14H18ClN3O6S2/c1-23-17-8(7-4-25-3-2-24-7)10(19)16-9-11(20)18-5-14(15,13(21)22)6-26-12(9)18/h4,8-9,12,17H,2-3,5-6H2,1H3,(H,16,19)(H,21,22)/t8?,9?,12-,14?/m1/s1. The van der Waals surface area contributed by atoms with Crippen molar-refractivity contribution in [3.05, 3.63) is 11.2 Å². The Labute approximate surface area is 163 Å². The zero-order valence-electron chi connectivity index (χ0n) is 13.8. The van der Waals surface area contributed by atoms with Gasteiger partial charge in [0.05, 0.1) is 20.3 Å². The first kappa shape index (κ1) is 19.6. The van der Waals surface area contributed by atoms with Gasteiger partial charge in [0.2, 0.25) is 11.8 Å². The minimum Gasteiger partial charge on any atom is -0.494 e. The third-order valence-corrected chi connectivity index (χ3v) is 7.08. The average Bonchev–Trinajstić information content (AvgIpc) is 2.64. The molecule has 9 nitrogen and oxygen atoms in total. The van der Waals surface area contributed by atoms with Crippen LogP contribution in [0.15, 0.2) is 11.2 Å². The third-order valence-electron chi connectivity index (χ3n) is 4.18. The molecule has 0 aromatic carbocycles. The number of carboxylic acids is 1. The second-order valence-electron chi connectivity index (χ2n) is 5.92. The molecular weight excluding hydrogens is 406 g/mol. The fourth-order valence-electron chi connectivity index (χ4n) is 2.80. The van der Waals surface area contributed by atoms with Crippen molar-refractivity contribution in [2.75, 3.05) is 31.8 Å². The number of aliphatic carboxylic acids is 1. The number of nitrogens with one attached hydrogen (secondary N) is 2. The number of amides is 2. The average molecular weight is 424 g/mol. The van der Waals surface area contributed by atoms with Gasteiger partial charge in [-0.15, -0.1) is 35.1 Å². The fraction of sp³-hybridized carbons (Fsp3) is 0.643. The van der Waals surface area contributed by atoms with E-state index < -0.39 is 28.8 Å². The molecule has 26 heavy (non-hydrogen) atoms. The minimum atomic E-state index is -1.50. The summed E-state index contributed by atoms with van der Waals surface area (Å²) in [5.74, 6) is -0.607. The summed E-state index contributed by atoms with van der Waals surface area (Å²) in [5.41, 5.74) is 2.57. The Balaban J connectivity index is 1.64. The van der Waals surface area contributed by atoms with Crippen LogP contribution in [0, 0.1) is 0 Å². The van der Waals surface area contributed by atoms with Gasteiger partial charge in [0.15, 0.2) is 10.9 Å². The van der Waals surface area contributed by atoms with Gasteiger partial charge in [-0.25, -0.2) is 0 Å². The molecule has 2 amide bonds. The normalized spacial score (nSPS) is 31.8. The van der Waals surface area contributed by atoms with Crippen LogP contribution in [0.1, 0.15) is 0 Å². The molecule has 0 spiro atoms. The van der Waals surface area contributed by atoms with Crippen molar-refractivity contribution in [3.63, 3.8) is 0 Å². The van der Waals surface area contributed by atoms with Crippen LogP contribution < -0.4 is 10.8 Å². The molecule has 4 atom stereocenters. The highest BCUT2D eigenvalue weighted by atomic mass is 35.5. The SMILES string of the molecule is CONC(C(=O)NC1C(=O)N2CC(Cl)(C(=O)O)CS[C@H]12)C1=CSCCO1. The Morgan fingerprint density at radius 3 is 2.96 bits per heavy atom. The lowest BCUT2D eigenvalue weighted by atomic mass is 10.0. The number of carboxylic acid groups (broad SMARTS) is 1. The maximum Gasteiger partial charge on any atom is 0.327 e. The lowest BCUT2D eigenvalue weighted by molar-refractivity contribution is -0.153. The number of carbonyl (C=O) groups is 3. The Morgan fingerprint density at radius 1 is 1.58 bits per heavy atom. The van der Waals surface area contributed by atoms with Crippen molar-refractivity contribution < 1.29 is 29.1 Å². The number of hydrogen-bond donors (Lipinski definition) is 3. The summed E-state index contributed by atoms with van der Waals surface area (Å²) in [7, 11) is 1.38. The van der Waals surface area contributed by atoms with Gasteiger partial charge in [0, 0.05) is 16.9 Å². The van der Waals surface area contributed by atoms with E-state index in [1.54, 1.807) is 5.41 Å². The second-order valence-corrected chi connectivity index (χ2v) is 8.72. The van der Waals surface area contributed by atoms with Gasteiger partial charge >= 0.3 is 5.97 Å². The number of ether oxygens (including phenoxy) is 1. The highest BCUT2D eigenvalue weighted by Crippen LogP contribution is 2.41. The van der Waals surface area contributed by atoms with Gasteiger partial charge in [-0.2, -0.15) is 5.48 Å². The Bertz CT molecular complexity index is 650. The summed E-state index contributed by atoms with van der Waals surface area (Å²) in [6.45, 7) is 0.394. The summed E-state index contributed by atoms with van der Waals surface area (Å²) in [4.78, 5) is 41.0. The number of hydrogen-bond acceptors (Lipinski definition) is 8. The molecule has 2 saturated heterocycles. The van der Waals surface area contributed by atoms with Crippen LogP contribution in [0.25, 0.3) is 0 Å². The molecular formula is C14H18ClN3O6S2. The quantitative estimate of drug-likeness (QED) is 0.297. The van der Waals surface area contributed by atoms with Crippen LogP contribution in [-0.2, 0) is 24.0 Å². The van der Waals surface area contributed by atoms with Crippen LogP contribution >= 0.6 is 35.1 Å². The smallest absolute Gasteiger partial charge is 0.327 e. The molecule has 3 unspecified atom stereocenters. The predicted octanol–water partition coefficient (Wildman–Crippen LogP) is -0.427. The highest BCUT2D eigenvalue weighted by Gasteiger charge is 2.57. The first-order valence-electron chi connectivity index (χ1n) is 7.75. The predicted molar refractivity (Wildman–Crippen MR) is 96.5 cm³/mol. The zero-order chi connectivity index (χ0) is 18.9. The number of thioether (sulfide) groups is 2. The van der Waals surface area contributed by atoms with Crippen molar-refractivity contribution in [1.82, 2.24) is 15.7 Å². The number of halogens is 1. The van der Waals surface area contributed by atoms with Gasteiger partial charge < -0.3 is 24.9 Å². The molecule has 0 aromatic rings. The molecule has 3 rings (SSSR count). The van der Waals surface area contributed by atoms with Gasteiger partial charge in [-0.05, 0) is 0 Å². The van der Waals surface area contributed by atoms with Crippen molar-refractivity contribution in [2.24, 2.45) is 0 Å². The topological polar surface area (TPSA) is 117 Å². The molecule has 144 valence electrons. The summed E-state index contributed by atoms with van der Waals surface area (Å²) in [6.07, 6.45) is 0. The first-order valence-corrected chi connectivity index (χ1v) is 10.2. The largest absolute Gasteiger partial charge is 0.494 e. The zero-order valence-corrected chi connectivity index (χ0v) is 16.2. The maximum absolute atomic E-state index is 12.6. The second kappa shape index (κ2) is 7.85. The van der Waals surface area contributed by atoms with Crippen molar-refractivity contribution in [3.8, 4) is 0 Å². The van der Waals surface area contributed by atoms with Gasteiger partial charge in [0.1, 0.15) is 17.2 Å². The monoisotopic (exact) mass is 423 g/mol. The molecule has 12 heteroatoms. The van der Waals surface area contributed by atoms with Crippen LogP contribution in [0.2, 0.25) is 0 Å². The van der Waals surface area contributed by atoms with E-state index in [1.807, 2.05) is 0 Å². The Kier molecular flexibility index (Phi) is 5.92. The Morgan fingerprint density at radius 2 is 2.35 bits per heavy atom. The van der Waals surface area contributed by atoms with Gasteiger partial charge in [-0.3, -0.25) is 14.4 Å². The summed E-state index contributed by atoms with van der Waals surface area (Å²) < 4.78 is 5.49. The summed E-state index contributed by atoms with van der Waals surface area (Å²) in [6, 6.07) is -1.62. The molecule has 3 aliphatic heterocycles. The van der Waals surface area contributed by atoms with Gasteiger partial charge in [0.25, 0.3) is 0 Å². The Hall–Kier alpha value is -1.14. The molecule has 3 N–H and O–H groups in total. The van der Waals surface area contributed by atoms with E-state index in [-0.39, 0.29) is 23.6 Å². The third kappa shape index (κ3) is 3.63. The number of fused-ring (bicyclic) bond motifs is 1. The van der Waals surface area contributed by atoms with Crippen molar-refractivity contribution in [2.45, 2.75) is 22.3 Å². The van der Waals surface area contributed by atoms with Gasteiger partial charge in [-0.1, -0.05) is 0 Å².